The van der Waals surface area contributed by atoms with Crippen molar-refractivity contribution in [2.45, 2.75) is 32.5 Å². The first kappa shape index (κ1) is 21.5. The van der Waals surface area contributed by atoms with Gasteiger partial charge in [-0.05, 0) is 48.2 Å². The summed E-state index contributed by atoms with van der Waals surface area (Å²) in [7, 11) is 0. The molecule has 1 fully saturated rings. The van der Waals surface area contributed by atoms with Gasteiger partial charge in [0.05, 0.1) is 17.5 Å². The first-order chi connectivity index (χ1) is 14.7. The van der Waals surface area contributed by atoms with E-state index in [2.05, 4.69) is 27.2 Å². The van der Waals surface area contributed by atoms with Gasteiger partial charge in [0.1, 0.15) is 0 Å². The fraction of sp³-hybridized carbons (Fsp3) is 0.458. The molecule has 2 heterocycles. The molecule has 7 heteroatoms. The Hall–Kier alpha value is -2.70. The van der Waals surface area contributed by atoms with Crippen molar-refractivity contribution in [2.24, 2.45) is 11.8 Å². The van der Waals surface area contributed by atoms with Gasteiger partial charge in [0, 0.05) is 37.6 Å². The SMILES string of the molecule is CC(C)CNC(=O)C1Cc2cc(C(F)(F)F)ccc2N2CCN(c3ccccc3)CC12. The van der Waals surface area contributed by atoms with Gasteiger partial charge in [0.25, 0.3) is 0 Å². The molecular weight excluding hydrogens is 403 g/mol. The van der Waals surface area contributed by atoms with E-state index < -0.39 is 17.7 Å². The minimum atomic E-state index is -4.40. The number of fused-ring (bicyclic) bond motifs is 3. The summed E-state index contributed by atoms with van der Waals surface area (Å²) in [6.45, 7) is 6.67. The topological polar surface area (TPSA) is 35.6 Å². The average molecular weight is 432 g/mol. The Labute approximate surface area is 181 Å². The molecule has 1 saturated heterocycles. The van der Waals surface area contributed by atoms with Gasteiger partial charge >= 0.3 is 6.18 Å². The molecule has 0 saturated carbocycles. The third kappa shape index (κ3) is 4.50. The average Bonchev–Trinajstić information content (AvgIpc) is 2.76. The number of carbonyl (C=O) groups excluding carboxylic acids is 1. The number of piperazine rings is 1. The molecule has 166 valence electrons. The smallest absolute Gasteiger partial charge is 0.368 e. The highest BCUT2D eigenvalue weighted by atomic mass is 19.4. The van der Waals surface area contributed by atoms with Crippen molar-refractivity contribution >= 4 is 17.3 Å². The molecular formula is C24H28F3N3O. The lowest BCUT2D eigenvalue weighted by molar-refractivity contribution is -0.137. The Morgan fingerprint density at radius 1 is 1.13 bits per heavy atom. The maximum atomic E-state index is 13.3. The van der Waals surface area contributed by atoms with E-state index in [4.69, 9.17) is 0 Å². The van der Waals surface area contributed by atoms with Gasteiger partial charge < -0.3 is 15.1 Å². The van der Waals surface area contributed by atoms with Crippen LogP contribution in [-0.2, 0) is 17.4 Å². The monoisotopic (exact) mass is 431 g/mol. The van der Waals surface area contributed by atoms with Crippen LogP contribution in [0.2, 0.25) is 0 Å². The molecule has 4 nitrogen and oxygen atoms in total. The predicted octanol–water partition coefficient (Wildman–Crippen LogP) is 4.35. The van der Waals surface area contributed by atoms with Crippen molar-refractivity contribution in [3.05, 3.63) is 59.7 Å². The van der Waals surface area contributed by atoms with Crippen molar-refractivity contribution in [3.63, 3.8) is 0 Å². The number of benzene rings is 2. The van der Waals surface area contributed by atoms with Crippen LogP contribution in [0.15, 0.2) is 48.5 Å². The second-order valence-electron chi connectivity index (χ2n) is 8.83. The molecule has 0 spiro atoms. The largest absolute Gasteiger partial charge is 0.416 e. The Morgan fingerprint density at radius 3 is 2.55 bits per heavy atom. The highest BCUT2D eigenvalue weighted by Crippen LogP contribution is 2.40. The fourth-order valence-corrected chi connectivity index (χ4v) is 4.61. The molecule has 0 radical (unpaired) electrons. The van der Waals surface area contributed by atoms with E-state index in [-0.39, 0.29) is 11.9 Å². The molecule has 4 rings (SSSR count). The van der Waals surface area contributed by atoms with Gasteiger partial charge in [-0.3, -0.25) is 4.79 Å². The number of hydrogen-bond acceptors (Lipinski definition) is 3. The summed E-state index contributed by atoms with van der Waals surface area (Å²) in [5, 5.41) is 3.01. The number of hydrogen-bond donors (Lipinski definition) is 1. The quantitative estimate of drug-likeness (QED) is 0.782. The lowest BCUT2D eigenvalue weighted by Gasteiger charge is -2.49. The molecule has 2 unspecified atom stereocenters. The number of carbonyl (C=O) groups is 1. The second-order valence-corrected chi connectivity index (χ2v) is 8.83. The number of rotatable bonds is 4. The van der Waals surface area contributed by atoms with Crippen LogP contribution in [0.25, 0.3) is 0 Å². The molecule has 2 aromatic carbocycles. The maximum absolute atomic E-state index is 13.3. The van der Waals surface area contributed by atoms with Crippen LogP contribution in [-0.4, -0.2) is 38.1 Å². The number of nitrogens with zero attached hydrogens (tertiary/aromatic N) is 2. The van der Waals surface area contributed by atoms with Crippen molar-refractivity contribution in [2.75, 3.05) is 36.0 Å². The van der Waals surface area contributed by atoms with Crippen molar-refractivity contribution < 1.29 is 18.0 Å². The van der Waals surface area contributed by atoms with Gasteiger partial charge in [-0.2, -0.15) is 13.2 Å². The molecule has 0 bridgehead atoms. The molecule has 1 N–H and O–H groups in total. The molecule has 31 heavy (non-hydrogen) atoms. The predicted molar refractivity (Wildman–Crippen MR) is 116 cm³/mol. The maximum Gasteiger partial charge on any atom is 0.416 e. The van der Waals surface area contributed by atoms with Crippen LogP contribution in [0.3, 0.4) is 0 Å². The summed E-state index contributed by atoms with van der Waals surface area (Å²) >= 11 is 0. The van der Waals surface area contributed by atoms with Crippen LogP contribution in [0, 0.1) is 11.8 Å². The van der Waals surface area contributed by atoms with Crippen LogP contribution < -0.4 is 15.1 Å². The van der Waals surface area contributed by atoms with E-state index in [0.717, 1.165) is 24.0 Å². The lowest BCUT2D eigenvalue weighted by Crippen LogP contribution is -2.61. The van der Waals surface area contributed by atoms with Crippen molar-refractivity contribution in [1.29, 1.82) is 0 Å². The Balaban J connectivity index is 1.66. The van der Waals surface area contributed by atoms with Crippen LogP contribution in [0.1, 0.15) is 25.0 Å². The van der Waals surface area contributed by atoms with Crippen LogP contribution in [0.4, 0.5) is 24.5 Å². The van der Waals surface area contributed by atoms with E-state index in [1.165, 1.54) is 6.07 Å². The van der Waals surface area contributed by atoms with Gasteiger partial charge in [0.15, 0.2) is 0 Å². The first-order valence-electron chi connectivity index (χ1n) is 10.8. The third-order valence-electron chi connectivity index (χ3n) is 6.18. The van der Waals surface area contributed by atoms with Crippen LogP contribution in [0.5, 0.6) is 0 Å². The lowest BCUT2D eigenvalue weighted by atomic mass is 9.82. The number of nitrogens with one attached hydrogen (secondary N) is 1. The Morgan fingerprint density at radius 2 is 1.87 bits per heavy atom. The fourth-order valence-electron chi connectivity index (χ4n) is 4.61. The number of para-hydroxylation sites is 1. The zero-order valence-corrected chi connectivity index (χ0v) is 17.8. The third-order valence-corrected chi connectivity index (χ3v) is 6.18. The molecule has 1 amide bonds. The zero-order chi connectivity index (χ0) is 22.2. The van der Waals surface area contributed by atoms with E-state index in [1.807, 2.05) is 32.0 Å². The Kier molecular flexibility index (Phi) is 5.86. The number of amides is 1. The van der Waals surface area contributed by atoms with E-state index in [1.54, 1.807) is 6.07 Å². The minimum Gasteiger partial charge on any atom is -0.368 e. The van der Waals surface area contributed by atoms with E-state index >= 15 is 0 Å². The summed E-state index contributed by atoms with van der Waals surface area (Å²) in [6.07, 6.45) is -4.08. The molecule has 2 aliphatic heterocycles. The van der Waals surface area contributed by atoms with Crippen molar-refractivity contribution in [1.82, 2.24) is 5.32 Å². The van der Waals surface area contributed by atoms with E-state index in [9.17, 15) is 18.0 Å². The number of anilines is 2. The molecule has 0 aromatic heterocycles. The van der Waals surface area contributed by atoms with Crippen molar-refractivity contribution in [3.8, 4) is 0 Å². The summed E-state index contributed by atoms with van der Waals surface area (Å²) < 4.78 is 39.9. The zero-order valence-electron chi connectivity index (χ0n) is 17.8. The second kappa shape index (κ2) is 8.44. The van der Waals surface area contributed by atoms with Gasteiger partial charge in [-0.1, -0.05) is 32.0 Å². The normalized spacial score (nSPS) is 21.0. The van der Waals surface area contributed by atoms with Crippen LogP contribution >= 0.6 is 0 Å². The summed E-state index contributed by atoms with van der Waals surface area (Å²) in [5.41, 5.74) is 1.86. The first-order valence-corrected chi connectivity index (χ1v) is 10.8. The van der Waals surface area contributed by atoms with E-state index in [0.29, 0.717) is 37.5 Å². The highest BCUT2D eigenvalue weighted by molar-refractivity contribution is 5.82. The standard InChI is InChI=1S/C24H28F3N3O/c1-16(2)14-28-23(31)20-13-17-12-18(24(25,26)27)8-9-21(17)30-11-10-29(15-22(20)30)19-6-4-3-5-7-19/h3-9,12,16,20,22H,10-11,13-15H2,1-2H3,(H,28,31). The summed E-state index contributed by atoms with van der Waals surface area (Å²) in [6, 6.07) is 13.9. The number of halogens is 3. The molecule has 2 aromatic rings. The highest BCUT2D eigenvalue weighted by Gasteiger charge is 2.42. The minimum absolute atomic E-state index is 0.0818. The molecule has 2 atom stereocenters. The summed E-state index contributed by atoms with van der Waals surface area (Å²) in [5.74, 6) is -0.178. The summed E-state index contributed by atoms with van der Waals surface area (Å²) in [4.78, 5) is 17.5. The van der Waals surface area contributed by atoms with Gasteiger partial charge in [0.2, 0.25) is 5.91 Å². The van der Waals surface area contributed by atoms with Gasteiger partial charge in [-0.15, -0.1) is 0 Å². The van der Waals surface area contributed by atoms with Gasteiger partial charge in [-0.25, -0.2) is 0 Å². The molecule has 2 aliphatic rings. The number of alkyl halides is 3. The Bertz CT molecular complexity index is 929. The molecule has 0 aliphatic carbocycles.